The Labute approximate surface area is 90.1 Å². The molecule has 0 amide bonds. The number of para-hydroxylation sites is 1. The third-order valence-electron chi connectivity index (χ3n) is 3.22. The van der Waals surface area contributed by atoms with Crippen molar-refractivity contribution < 1.29 is 0 Å². The van der Waals surface area contributed by atoms with Crippen molar-refractivity contribution in [2.45, 2.75) is 19.3 Å². The maximum atomic E-state index is 2.45. The van der Waals surface area contributed by atoms with E-state index < -0.39 is 0 Å². The SMILES string of the molecule is c1ccc2c(c1)ccn2N1CCCCC1. The minimum Gasteiger partial charge on any atom is -0.313 e. The molecule has 3 rings (SSSR count). The molecule has 0 atom stereocenters. The van der Waals surface area contributed by atoms with Crippen LogP contribution in [0.3, 0.4) is 0 Å². The van der Waals surface area contributed by atoms with Gasteiger partial charge in [0.1, 0.15) is 0 Å². The van der Waals surface area contributed by atoms with E-state index in [1.165, 1.54) is 43.3 Å². The Balaban J connectivity index is 2.02. The molecule has 1 fully saturated rings. The van der Waals surface area contributed by atoms with Gasteiger partial charge in [-0.2, -0.15) is 0 Å². The van der Waals surface area contributed by atoms with Gasteiger partial charge >= 0.3 is 0 Å². The largest absolute Gasteiger partial charge is 0.313 e. The van der Waals surface area contributed by atoms with Crippen LogP contribution in [0.2, 0.25) is 0 Å². The van der Waals surface area contributed by atoms with Crippen LogP contribution >= 0.6 is 0 Å². The van der Waals surface area contributed by atoms with Gasteiger partial charge in [0.15, 0.2) is 0 Å². The van der Waals surface area contributed by atoms with E-state index in [-0.39, 0.29) is 0 Å². The van der Waals surface area contributed by atoms with Crippen molar-refractivity contribution in [3.63, 3.8) is 0 Å². The van der Waals surface area contributed by atoms with Gasteiger partial charge in [-0.15, -0.1) is 0 Å². The molecule has 2 nitrogen and oxygen atoms in total. The van der Waals surface area contributed by atoms with Crippen LogP contribution in [0.4, 0.5) is 0 Å². The third kappa shape index (κ3) is 1.50. The molecule has 0 saturated carbocycles. The number of piperidine rings is 1. The first kappa shape index (κ1) is 8.84. The molecule has 1 aromatic heterocycles. The zero-order valence-corrected chi connectivity index (χ0v) is 8.89. The van der Waals surface area contributed by atoms with E-state index >= 15 is 0 Å². The van der Waals surface area contributed by atoms with Crippen LogP contribution in [-0.4, -0.2) is 17.8 Å². The lowest BCUT2D eigenvalue weighted by Crippen LogP contribution is -2.38. The van der Waals surface area contributed by atoms with Gasteiger partial charge in [-0.3, -0.25) is 4.68 Å². The summed E-state index contributed by atoms with van der Waals surface area (Å²) in [6.07, 6.45) is 6.23. The molecule has 1 saturated heterocycles. The van der Waals surface area contributed by atoms with Gasteiger partial charge in [0.2, 0.25) is 0 Å². The topological polar surface area (TPSA) is 8.17 Å². The highest BCUT2D eigenvalue weighted by molar-refractivity contribution is 5.80. The van der Waals surface area contributed by atoms with Gasteiger partial charge in [0, 0.05) is 24.7 Å². The fourth-order valence-corrected chi connectivity index (χ4v) is 2.41. The van der Waals surface area contributed by atoms with Crippen LogP contribution in [-0.2, 0) is 0 Å². The van der Waals surface area contributed by atoms with Crippen molar-refractivity contribution in [3.8, 4) is 0 Å². The summed E-state index contributed by atoms with van der Waals surface area (Å²) in [5.74, 6) is 0. The molecule has 2 heteroatoms. The minimum absolute atomic E-state index is 1.19. The van der Waals surface area contributed by atoms with Crippen molar-refractivity contribution in [1.29, 1.82) is 0 Å². The average molecular weight is 200 g/mol. The molecule has 78 valence electrons. The Morgan fingerprint density at radius 2 is 1.67 bits per heavy atom. The van der Waals surface area contributed by atoms with Crippen LogP contribution in [0.5, 0.6) is 0 Å². The quantitative estimate of drug-likeness (QED) is 0.687. The molecule has 0 spiro atoms. The average Bonchev–Trinajstić information content (AvgIpc) is 2.74. The third-order valence-corrected chi connectivity index (χ3v) is 3.22. The van der Waals surface area contributed by atoms with E-state index in [1.54, 1.807) is 0 Å². The zero-order chi connectivity index (χ0) is 10.1. The molecule has 0 aliphatic carbocycles. The maximum Gasteiger partial charge on any atom is 0.0694 e. The molecule has 1 aromatic carbocycles. The van der Waals surface area contributed by atoms with E-state index in [0.29, 0.717) is 0 Å². The summed E-state index contributed by atoms with van der Waals surface area (Å²) in [6, 6.07) is 10.8. The van der Waals surface area contributed by atoms with Crippen molar-refractivity contribution >= 4 is 10.9 Å². The van der Waals surface area contributed by atoms with Crippen LogP contribution < -0.4 is 5.01 Å². The summed E-state index contributed by atoms with van der Waals surface area (Å²) in [7, 11) is 0. The second-order valence-corrected chi connectivity index (χ2v) is 4.23. The van der Waals surface area contributed by atoms with Gasteiger partial charge in [-0.05, 0) is 31.4 Å². The Bertz CT molecular complexity index is 452. The monoisotopic (exact) mass is 200 g/mol. The number of benzene rings is 1. The standard InChI is InChI=1S/C13H16N2/c1-4-9-14(10-5-1)15-11-8-12-6-2-3-7-13(12)15/h2-3,6-8,11H,1,4-5,9-10H2. The molecule has 2 aromatic rings. The van der Waals surface area contributed by atoms with E-state index in [1.807, 2.05) is 0 Å². The first-order chi connectivity index (χ1) is 7.45. The predicted octanol–water partition coefficient (Wildman–Crippen LogP) is 2.76. The molecule has 0 radical (unpaired) electrons. The lowest BCUT2D eigenvalue weighted by atomic mass is 10.2. The molecule has 0 N–H and O–H groups in total. The Kier molecular flexibility index (Phi) is 2.13. The van der Waals surface area contributed by atoms with Gasteiger partial charge in [0.25, 0.3) is 0 Å². The van der Waals surface area contributed by atoms with E-state index in [0.717, 1.165) is 0 Å². The molecule has 15 heavy (non-hydrogen) atoms. The van der Waals surface area contributed by atoms with E-state index in [2.05, 4.69) is 46.2 Å². The van der Waals surface area contributed by atoms with E-state index in [4.69, 9.17) is 0 Å². The number of hydrogen-bond donors (Lipinski definition) is 0. The second kappa shape index (κ2) is 3.61. The van der Waals surface area contributed by atoms with Crippen LogP contribution in [0.25, 0.3) is 10.9 Å². The number of aromatic nitrogens is 1. The van der Waals surface area contributed by atoms with Crippen LogP contribution in [0.1, 0.15) is 19.3 Å². The lowest BCUT2D eigenvalue weighted by Gasteiger charge is -2.30. The van der Waals surface area contributed by atoms with Crippen molar-refractivity contribution in [3.05, 3.63) is 36.5 Å². The van der Waals surface area contributed by atoms with Gasteiger partial charge < -0.3 is 5.01 Å². The number of hydrogen-bond acceptors (Lipinski definition) is 1. The van der Waals surface area contributed by atoms with Crippen molar-refractivity contribution in [2.24, 2.45) is 0 Å². The fourth-order valence-electron chi connectivity index (χ4n) is 2.41. The maximum absolute atomic E-state index is 2.45. The van der Waals surface area contributed by atoms with Crippen molar-refractivity contribution in [2.75, 3.05) is 18.1 Å². The summed E-state index contributed by atoms with van der Waals surface area (Å²) >= 11 is 0. The van der Waals surface area contributed by atoms with Gasteiger partial charge in [-0.25, -0.2) is 0 Å². The van der Waals surface area contributed by atoms with Crippen LogP contribution in [0, 0.1) is 0 Å². The first-order valence-electron chi connectivity index (χ1n) is 5.76. The Morgan fingerprint density at radius 3 is 2.53 bits per heavy atom. The summed E-state index contributed by atoms with van der Waals surface area (Å²) in [5, 5.41) is 3.79. The second-order valence-electron chi connectivity index (χ2n) is 4.23. The lowest BCUT2D eigenvalue weighted by molar-refractivity contribution is 0.487. The first-order valence-corrected chi connectivity index (χ1v) is 5.76. The smallest absolute Gasteiger partial charge is 0.0694 e. The number of nitrogens with zero attached hydrogens (tertiary/aromatic N) is 2. The highest BCUT2D eigenvalue weighted by Crippen LogP contribution is 2.17. The molecule has 2 heterocycles. The summed E-state index contributed by atoms with van der Waals surface area (Å²) < 4.78 is 2.31. The summed E-state index contributed by atoms with van der Waals surface area (Å²) in [5.41, 5.74) is 1.33. The zero-order valence-electron chi connectivity index (χ0n) is 8.89. The normalized spacial score (nSPS) is 17.2. The minimum atomic E-state index is 1.19. The molecular weight excluding hydrogens is 184 g/mol. The molecule has 1 aliphatic heterocycles. The Hall–Kier alpha value is -1.44. The van der Waals surface area contributed by atoms with Gasteiger partial charge in [0.05, 0.1) is 5.52 Å². The summed E-state index contributed by atoms with van der Waals surface area (Å²) in [6.45, 7) is 2.39. The Morgan fingerprint density at radius 1 is 0.867 bits per heavy atom. The fraction of sp³-hybridized carbons (Fsp3) is 0.385. The molecule has 0 bridgehead atoms. The molecule has 0 unspecified atom stereocenters. The highest BCUT2D eigenvalue weighted by atomic mass is 15.5. The highest BCUT2D eigenvalue weighted by Gasteiger charge is 2.11. The van der Waals surface area contributed by atoms with E-state index in [9.17, 15) is 0 Å². The van der Waals surface area contributed by atoms with Crippen molar-refractivity contribution in [1.82, 2.24) is 4.68 Å². The number of fused-ring (bicyclic) bond motifs is 1. The molecular formula is C13H16N2. The predicted molar refractivity (Wildman–Crippen MR) is 63.7 cm³/mol. The summed E-state index contributed by atoms with van der Waals surface area (Å²) in [4.78, 5) is 0. The van der Waals surface area contributed by atoms with Crippen LogP contribution in [0.15, 0.2) is 36.5 Å². The number of rotatable bonds is 1. The molecule has 1 aliphatic rings. The van der Waals surface area contributed by atoms with Gasteiger partial charge in [-0.1, -0.05) is 18.2 Å².